The van der Waals surface area contributed by atoms with Crippen molar-refractivity contribution in [1.29, 1.82) is 0 Å². The highest BCUT2D eigenvalue weighted by Crippen LogP contribution is 2.26. The minimum absolute atomic E-state index is 0.285. The lowest BCUT2D eigenvalue weighted by Gasteiger charge is -2.22. The van der Waals surface area contributed by atoms with E-state index in [1.807, 2.05) is 22.9 Å². The van der Waals surface area contributed by atoms with E-state index in [1.165, 1.54) is 5.56 Å². The predicted octanol–water partition coefficient (Wildman–Crippen LogP) is 4.28. The van der Waals surface area contributed by atoms with Gasteiger partial charge < -0.3 is 10.1 Å². The molecule has 2 heterocycles. The van der Waals surface area contributed by atoms with Crippen LogP contribution in [-0.2, 0) is 17.7 Å². The molecule has 0 aliphatic carbocycles. The summed E-state index contributed by atoms with van der Waals surface area (Å²) in [6, 6.07) is 15.0. The van der Waals surface area contributed by atoms with Gasteiger partial charge in [0.05, 0.1) is 29.4 Å². The van der Waals surface area contributed by atoms with E-state index in [0.29, 0.717) is 35.3 Å². The van der Waals surface area contributed by atoms with Crippen molar-refractivity contribution >= 4 is 29.1 Å². The standard InChI is InChI=1S/C21H19Cl2N3O2/c22-16-6-7-18(23)17(10-16)21(27)24-11-19-20-15(8-9-28-19)13-26(25-20)12-14-4-2-1-3-5-14/h1-7,10,13,19H,8-9,11-12H2,(H,24,27)/t19-/m0/s1. The lowest BCUT2D eigenvalue weighted by Crippen LogP contribution is -2.32. The molecule has 1 amide bonds. The molecule has 0 radical (unpaired) electrons. The van der Waals surface area contributed by atoms with Crippen molar-refractivity contribution in [2.75, 3.05) is 13.2 Å². The van der Waals surface area contributed by atoms with Crippen LogP contribution in [0.4, 0.5) is 0 Å². The van der Waals surface area contributed by atoms with E-state index in [-0.39, 0.29) is 12.0 Å². The molecule has 4 rings (SSSR count). The van der Waals surface area contributed by atoms with Crippen molar-refractivity contribution in [3.63, 3.8) is 0 Å². The molecule has 5 nitrogen and oxygen atoms in total. The molecule has 0 saturated heterocycles. The van der Waals surface area contributed by atoms with Crippen LogP contribution in [0.15, 0.2) is 54.7 Å². The lowest BCUT2D eigenvalue weighted by molar-refractivity contribution is 0.0383. The molecule has 3 aromatic rings. The van der Waals surface area contributed by atoms with Gasteiger partial charge in [-0.25, -0.2) is 0 Å². The Balaban J connectivity index is 1.46. The van der Waals surface area contributed by atoms with Crippen molar-refractivity contribution in [2.45, 2.75) is 19.1 Å². The smallest absolute Gasteiger partial charge is 0.252 e. The number of amides is 1. The van der Waals surface area contributed by atoms with Gasteiger partial charge in [0.1, 0.15) is 6.10 Å². The van der Waals surface area contributed by atoms with Gasteiger partial charge in [0.15, 0.2) is 0 Å². The molecule has 0 bridgehead atoms. The summed E-state index contributed by atoms with van der Waals surface area (Å²) in [6.07, 6.45) is 2.59. The molecule has 1 aromatic heterocycles. The molecule has 2 aromatic carbocycles. The highest BCUT2D eigenvalue weighted by molar-refractivity contribution is 6.35. The topological polar surface area (TPSA) is 56.1 Å². The molecule has 1 aliphatic heterocycles. The van der Waals surface area contributed by atoms with E-state index in [4.69, 9.17) is 33.0 Å². The summed E-state index contributed by atoms with van der Waals surface area (Å²) in [7, 11) is 0. The zero-order valence-electron chi connectivity index (χ0n) is 15.1. The summed E-state index contributed by atoms with van der Waals surface area (Å²) in [5.74, 6) is -0.285. The number of rotatable bonds is 5. The molecule has 0 unspecified atom stereocenters. The second-order valence-electron chi connectivity index (χ2n) is 6.67. The van der Waals surface area contributed by atoms with Crippen LogP contribution in [0.3, 0.4) is 0 Å². The maximum absolute atomic E-state index is 12.5. The number of hydrogen-bond acceptors (Lipinski definition) is 3. The van der Waals surface area contributed by atoms with Crippen molar-refractivity contribution in [1.82, 2.24) is 15.1 Å². The van der Waals surface area contributed by atoms with Gasteiger partial charge >= 0.3 is 0 Å². The van der Waals surface area contributed by atoms with Gasteiger partial charge in [-0.2, -0.15) is 5.10 Å². The highest BCUT2D eigenvalue weighted by atomic mass is 35.5. The molecule has 28 heavy (non-hydrogen) atoms. The first-order valence-corrected chi connectivity index (χ1v) is 9.81. The Bertz CT molecular complexity index is 989. The third-order valence-electron chi connectivity index (χ3n) is 4.67. The monoisotopic (exact) mass is 415 g/mol. The number of benzene rings is 2. The average Bonchev–Trinajstić information content (AvgIpc) is 3.11. The SMILES string of the molecule is O=C(NC[C@@H]1OCCc2cn(Cc3ccccc3)nc21)c1cc(Cl)ccc1Cl. The molecule has 0 fully saturated rings. The third-order valence-corrected chi connectivity index (χ3v) is 5.24. The second kappa shape index (κ2) is 8.35. The van der Waals surface area contributed by atoms with E-state index in [2.05, 4.69) is 23.6 Å². The molecule has 0 saturated carbocycles. The minimum Gasteiger partial charge on any atom is -0.370 e. The van der Waals surface area contributed by atoms with Crippen molar-refractivity contribution in [3.05, 3.63) is 87.2 Å². The number of aromatic nitrogens is 2. The van der Waals surface area contributed by atoms with E-state index >= 15 is 0 Å². The van der Waals surface area contributed by atoms with Crippen LogP contribution in [0.25, 0.3) is 0 Å². The first-order chi connectivity index (χ1) is 13.6. The molecular weight excluding hydrogens is 397 g/mol. The number of hydrogen-bond donors (Lipinski definition) is 1. The number of nitrogens with zero attached hydrogens (tertiary/aromatic N) is 2. The van der Waals surface area contributed by atoms with E-state index in [9.17, 15) is 4.79 Å². The fraction of sp³-hybridized carbons (Fsp3) is 0.238. The number of ether oxygens (including phenoxy) is 1. The molecule has 0 spiro atoms. The lowest BCUT2D eigenvalue weighted by atomic mass is 10.1. The maximum atomic E-state index is 12.5. The summed E-state index contributed by atoms with van der Waals surface area (Å²) in [5.41, 5.74) is 3.56. The van der Waals surface area contributed by atoms with Crippen molar-refractivity contribution in [3.8, 4) is 0 Å². The van der Waals surface area contributed by atoms with Gasteiger partial charge in [0.25, 0.3) is 5.91 Å². The Kier molecular flexibility index (Phi) is 5.67. The van der Waals surface area contributed by atoms with Crippen LogP contribution < -0.4 is 5.32 Å². The van der Waals surface area contributed by atoms with E-state index in [0.717, 1.165) is 17.7 Å². The van der Waals surface area contributed by atoms with Gasteiger partial charge in [-0.1, -0.05) is 53.5 Å². The molecule has 144 valence electrons. The Hall–Kier alpha value is -2.34. The van der Waals surface area contributed by atoms with Crippen LogP contribution in [-0.4, -0.2) is 28.8 Å². The molecule has 7 heteroatoms. The zero-order chi connectivity index (χ0) is 19.5. The molecule has 1 N–H and O–H groups in total. The summed E-state index contributed by atoms with van der Waals surface area (Å²) in [6.45, 7) is 1.62. The first-order valence-electron chi connectivity index (χ1n) is 9.05. The van der Waals surface area contributed by atoms with E-state index < -0.39 is 0 Å². The first kappa shape index (κ1) is 19.0. The normalized spacial score (nSPS) is 15.9. The van der Waals surface area contributed by atoms with Gasteiger partial charge in [-0.15, -0.1) is 0 Å². The Morgan fingerprint density at radius 3 is 2.86 bits per heavy atom. The number of carbonyl (C=O) groups excluding carboxylic acids is 1. The van der Waals surface area contributed by atoms with Gasteiger partial charge in [-0.3, -0.25) is 9.48 Å². The average molecular weight is 416 g/mol. The quantitative estimate of drug-likeness (QED) is 0.676. The zero-order valence-corrected chi connectivity index (χ0v) is 16.6. The number of halogens is 2. The van der Waals surface area contributed by atoms with Gasteiger partial charge in [0.2, 0.25) is 0 Å². The Morgan fingerprint density at radius 2 is 2.04 bits per heavy atom. The van der Waals surface area contributed by atoms with Crippen molar-refractivity contribution < 1.29 is 9.53 Å². The van der Waals surface area contributed by atoms with Crippen LogP contribution >= 0.6 is 23.2 Å². The second-order valence-corrected chi connectivity index (χ2v) is 7.51. The van der Waals surface area contributed by atoms with Crippen molar-refractivity contribution in [2.24, 2.45) is 0 Å². The van der Waals surface area contributed by atoms with Crippen LogP contribution in [0.5, 0.6) is 0 Å². The third kappa shape index (κ3) is 4.22. The minimum atomic E-state index is -0.289. The summed E-state index contributed by atoms with van der Waals surface area (Å²) < 4.78 is 7.79. The summed E-state index contributed by atoms with van der Waals surface area (Å²) in [5, 5.41) is 8.41. The van der Waals surface area contributed by atoms with E-state index in [1.54, 1.807) is 18.2 Å². The maximum Gasteiger partial charge on any atom is 0.252 e. The number of nitrogens with one attached hydrogen (secondary N) is 1. The summed E-state index contributed by atoms with van der Waals surface area (Å²) in [4.78, 5) is 12.5. The molecular formula is C21H19Cl2N3O2. The summed E-state index contributed by atoms with van der Waals surface area (Å²) >= 11 is 12.1. The number of fused-ring (bicyclic) bond motifs is 1. The van der Waals surface area contributed by atoms with Crippen LogP contribution in [0.1, 0.15) is 33.3 Å². The highest BCUT2D eigenvalue weighted by Gasteiger charge is 2.25. The Morgan fingerprint density at radius 1 is 1.21 bits per heavy atom. The fourth-order valence-electron chi connectivity index (χ4n) is 3.29. The largest absolute Gasteiger partial charge is 0.370 e. The van der Waals surface area contributed by atoms with Crippen LogP contribution in [0.2, 0.25) is 10.0 Å². The predicted molar refractivity (Wildman–Crippen MR) is 109 cm³/mol. The number of carbonyl (C=O) groups is 1. The fourth-order valence-corrected chi connectivity index (χ4v) is 3.67. The van der Waals surface area contributed by atoms with Crippen LogP contribution in [0, 0.1) is 0 Å². The molecule has 1 atom stereocenters. The van der Waals surface area contributed by atoms with Gasteiger partial charge in [0, 0.05) is 17.8 Å². The molecule has 1 aliphatic rings. The Labute approximate surface area is 173 Å². The van der Waals surface area contributed by atoms with Gasteiger partial charge in [-0.05, 0) is 35.7 Å².